The lowest BCUT2D eigenvalue weighted by Crippen LogP contribution is -2.35. The molecule has 0 aliphatic heterocycles. The van der Waals surface area contributed by atoms with E-state index in [1.165, 1.54) is 0 Å². The summed E-state index contributed by atoms with van der Waals surface area (Å²) in [6, 6.07) is 7.47. The number of hydrogen-bond acceptors (Lipinski definition) is 3. The van der Waals surface area contributed by atoms with Gasteiger partial charge in [-0.2, -0.15) is 0 Å². The Morgan fingerprint density at radius 1 is 1.11 bits per heavy atom. The maximum absolute atomic E-state index is 12.3. The number of hydrogen-bond donors (Lipinski definition) is 2. The standard InChI is InChI=1S/C21H30N4O3/c1-5-15(4)21(28)22-13-19(26)23-17-8-9-18-16(12-17)10-11-25(18)14-20(27)24(6-2)7-3/h8-12,15H,5-7,13-14H2,1-4H3,(H,22,28)(H,23,26). The molecule has 2 rings (SSSR count). The molecule has 1 aromatic carbocycles. The summed E-state index contributed by atoms with van der Waals surface area (Å²) in [6.07, 6.45) is 2.61. The van der Waals surface area contributed by atoms with Crippen LogP contribution in [0.1, 0.15) is 34.1 Å². The molecule has 1 aromatic heterocycles. The summed E-state index contributed by atoms with van der Waals surface area (Å²) in [5.74, 6) is -0.421. The van der Waals surface area contributed by atoms with Crippen LogP contribution >= 0.6 is 0 Å². The van der Waals surface area contributed by atoms with Gasteiger partial charge in [0.2, 0.25) is 17.7 Å². The number of carbonyl (C=O) groups is 3. The highest BCUT2D eigenvalue weighted by atomic mass is 16.2. The van der Waals surface area contributed by atoms with Crippen molar-refractivity contribution in [1.82, 2.24) is 14.8 Å². The van der Waals surface area contributed by atoms with Gasteiger partial charge in [-0.25, -0.2) is 0 Å². The van der Waals surface area contributed by atoms with Gasteiger partial charge in [0.05, 0.1) is 6.54 Å². The van der Waals surface area contributed by atoms with Gasteiger partial charge < -0.3 is 20.1 Å². The largest absolute Gasteiger partial charge is 0.347 e. The molecule has 1 atom stereocenters. The monoisotopic (exact) mass is 386 g/mol. The van der Waals surface area contributed by atoms with Crippen LogP contribution in [0, 0.1) is 5.92 Å². The predicted molar refractivity (Wildman–Crippen MR) is 111 cm³/mol. The molecule has 1 unspecified atom stereocenters. The summed E-state index contributed by atoms with van der Waals surface area (Å²) >= 11 is 0. The van der Waals surface area contributed by atoms with Crippen LogP contribution in [0.25, 0.3) is 10.9 Å². The highest BCUT2D eigenvalue weighted by Crippen LogP contribution is 2.21. The van der Waals surface area contributed by atoms with E-state index < -0.39 is 0 Å². The fourth-order valence-corrected chi connectivity index (χ4v) is 2.97. The Morgan fingerprint density at radius 3 is 2.46 bits per heavy atom. The second kappa shape index (κ2) is 9.92. The van der Waals surface area contributed by atoms with Crippen LogP contribution in [0.4, 0.5) is 5.69 Å². The summed E-state index contributed by atoms with van der Waals surface area (Å²) in [5, 5.41) is 6.37. The summed E-state index contributed by atoms with van der Waals surface area (Å²) in [4.78, 5) is 38.0. The Labute approximate surface area is 166 Å². The molecule has 0 aliphatic carbocycles. The van der Waals surface area contributed by atoms with Crippen molar-refractivity contribution in [1.29, 1.82) is 0 Å². The van der Waals surface area contributed by atoms with Gasteiger partial charge in [-0.3, -0.25) is 14.4 Å². The van der Waals surface area contributed by atoms with Crippen LogP contribution in [0.15, 0.2) is 30.5 Å². The molecule has 2 aromatic rings. The lowest BCUT2D eigenvalue weighted by Gasteiger charge is -2.19. The summed E-state index contributed by atoms with van der Waals surface area (Å²) in [5.41, 5.74) is 1.59. The topological polar surface area (TPSA) is 83.4 Å². The third-order valence-electron chi connectivity index (χ3n) is 4.96. The van der Waals surface area contributed by atoms with Gasteiger partial charge >= 0.3 is 0 Å². The molecule has 0 radical (unpaired) electrons. The van der Waals surface area contributed by atoms with Gasteiger partial charge in [0.1, 0.15) is 6.54 Å². The minimum Gasteiger partial charge on any atom is -0.347 e. The van der Waals surface area contributed by atoms with Crippen LogP contribution in [0.3, 0.4) is 0 Å². The quantitative estimate of drug-likeness (QED) is 0.695. The van der Waals surface area contributed by atoms with E-state index in [0.29, 0.717) is 25.3 Å². The number of anilines is 1. The van der Waals surface area contributed by atoms with Crippen molar-refractivity contribution in [2.24, 2.45) is 5.92 Å². The zero-order valence-electron chi connectivity index (χ0n) is 17.1. The van der Waals surface area contributed by atoms with Crippen molar-refractivity contribution in [2.45, 2.75) is 40.7 Å². The molecule has 1 heterocycles. The van der Waals surface area contributed by atoms with E-state index in [9.17, 15) is 14.4 Å². The average Bonchev–Trinajstić information content (AvgIpc) is 3.08. The number of amides is 3. The molecule has 0 bridgehead atoms. The van der Waals surface area contributed by atoms with Crippen molar-refractivity contribution in [3.05, 3.63) is 30.5 Å². The van der Waals surface area contributed by atoms with E-state index in [2.05, 4.69) is 10.6 Å². The summed E-state index contributed by atoms with van der Waals surface area (Å²) in [6.45, 7) is 9.32. The molecule has 7 heteroatoms. The van der Waals surface area contributed by atoms with Crippen molar-refractivity contribution < 1.29 is 14.4 Å². The molecule has 0 saturated carbocycles. The molecule has 2 N–H and O–H groups in total. The van der Waals surface area contributed by atoms with Gasteiger partial charge in [0.15, 0.2) is 0 Å². The number of nitrogens with one attached hydrogen (secondary N) is 2. The SMILES string of the molecule is CCC(C)C(=O)NCC(=O)Nc1ccc2c(ccn2CC(=O)N(CC)CC)c1. The van der Waals surface area contributed by atoms with E-state index in [0.717, 1.165) is 17.3 Å². The Bertz CT molecular complexity index is 839. The molecule has 3 amide bonds. The van der Waals surface area contributed by atoms with Crippen molar-refractivity contribution in [3.63, 3.8) is 0 Å². The molecular weight excluding hydrogens is 356 g/mol. The number of aromatic nitrogens is 1. The fourth-order valence-electron chi connectivity index (χ4n) is 2.97. The van der Waals surface area contributed by atoms with Gasteiger partial charge in [0, 0.05) is 41.8 Å². The molecule has 0 spiro atoms. The Morgan fingerprint density at radius 2 is 1.82 bits per heavy atom. The van der Waals surface area contributed by atoms with Crippen molar-refractivity contribution in [2.75, 3.05) is 25.0 Å². The number of fused-ring (bicyclic) bond motifs is 1. The Kier molecular flexibility index (Phi) is 7.61. The first kappa shape index (κ1) is 21.5. The molecular formula is C21H30N4O3. The van der Waals surface area contributed by atoms with E-state index in [1.54, 1.807) is 11.0 Å². The van der Waals surface area contributed by atoms with E-state index in [1.807, 2.05) is 56.7 Å². The molecule has 0 fully saturated rings. The van der Waals surface area contributed by atoms with Gasteiger partial charge in [-0.1, -0.05) is 13.8 Å². The maximum Gasteiger partial charge on any atom is 0.243 e. The van der Waals surface area contributed by atoms with Gasteiger partial charge in [-0.15, -0.1) is 0 Å². The lowest BCUT2D eigenvalue weighted by molar-refractivity contribution is -0.131. The fraction of sp³-hybridized carbons (Fsp3) is 0.476. The number of rotatable bonds is 9. The van der Waals surface area contributed by atoms with E-state index in [-0.39, 0.29) is 30.2 Å². The zero-order chi connectivity index (χ0) is 20.7. The number of nitrogens with zero attached hydrogens (tertiary/aromatic N) is 2. The number of benzene rings is 1. The first-order chi connectivity index (χ1) is 13.4. The minimum atomic E-state index is -0.271. The lowest BCUT2D eigenvalue weighted by atomic mass is 10.1. The van der Waals surface area contributed by atoms with E-state index in [4.69, 9.17) is 0 Å². The average molecular weight is 386 g/mol. The number of carbonyl (C=O) groups excluding carboxylic acids is 3. The number of likely N-dealkylation sites (N-methyl/N-ethyl adjacent to an activating group) is 1. The molecule has 152 valence electrons. The second-order valence-corrected chi connectivity index (χ2v) is 6.86. The maximum atomic E-state index is 12.3. The van der Waals surface area contributed by atoms with Crippen molar-refractivity contribution in [3.8, 4) is 0 Å². The Hall–Kier alpha value is -2.83. The van der Waals surface area contributed by atoms with Crippen LogP contribution in [-0.2, 0) is 20.9 Å². The zero-order valence-corrected chi connectivity index (χ0v) is 17.1. The van der Waals surface area contributed by atoms with Gasteiger partial charge in [0.25, 0.3) is 0 Å². The van der Waals surface area contributed by atoms with Crippen LogP contribution in [-0.4, -0.2) is 46.8 Å². The van der Waals surface area contributed by atoms with E-state index >= 15 is 0 Å². The van der Waals surface area contributed by atoms with Gasteiger partial charge in [-0.05, 0) is 44.5 Å². The summed E-state index contributed by atoms with van der Waals surface area (Å²) in [7, 11) is 0. The molecule has 7 nitrogen and oxygen atoms in total. The third-order valence-corrected chi connectivity index (χ3v) is 4.96. The molecule has 28 heavy (non-hydrogen) atoms. The third kappa shape index (κ3) is 5.34. The smallest absolute Gasteiger partial charge is 0.243 e. The molecule has 0 saturated heterocycles. The highest BCUT2D eigenvalue weighted by molar-refractivity contribution is 5.97. The highest BCUT2D eigenvalue weighted by Gasteiger charge is 2.13. The normalized spacial score (nSPS) is 11.9. The van der Waals surface area contributed by atoms with Crippen molar-refractivity contribution >= 4 is 34.3 Å². The first-order valence-electron chi connectivity index (χ1n) is 9.83. The molecule has 0 aliphatic rings. The van der Waals surface area contributed by atoms with Crippen LogP contribution < -0.4 is 10.6 Å². The first-order valence-corrected chi connectivity index (χ1v) is 9.83. The Balaban J connectivity index is 2.00. The summed E-state index contributed by atoms with van der Waals surface area (Å²) < 4.78 is 1.91. The van der Waals surface area contributed by atoms with Crippen LogP contribution in [0.2, 0.25) is 0 Å². The minimum absolute atomic E-state index is 0.0550. The second-order valence-electron chi connectivity index (χ2n) is 6.86. The van der Waals surface area contributed by atoms with Crippen LogP contribution in [0.5, 0.6) is 0 Å². The predicted octanol–water partition coefficient (Wildman–Crippen LogP) is 2.61.